The van der Waals surface area contributed by atoms with E-state index in [1.165, 1.54) is 20.5 Å². The molecule has 3 heteroatoms. The Hall–Kier alpha value is -0.900. The molecule has 1 N–H and O–H groups in total. The Kier molecular flexibility index (Phi) is 4.34. The molecule has 0 amide bonds. The molecular weight excluding hydrogens is 278 g/mol. The summed E-state index contributed by atoms with van der Waals surface area (Å²) in [5.74, 6) is 0. The van der Waals surface area contributed by atoms with Crippen LogP contribution in [0.4, 0.5) is 0 Å². The fourth-order valence-electron chi connectivity index (χ4n) is 3.14. The zero-order valence-electron chi connectivity index (χ0n) is 13.2. The van der Waals surface area contributed by atoms with E-state index in [2.05, 4.69) is 50.4 Å². The van der Waals surface area contributed by atoms with Gasteiger partial charge in [0.05, 0.1) is 0 Å². The van der Waals surface area contributed by atoms with E-state index in [1.54, 1.807) is 0 Å². The fraction of sp³-hybridized carbons (Fsp3) is 0.556. The third kappa shape index (κ3) is 3.15. The Balaban J connectivity index is 1.72. The number of rotatable bonds is 4. The molecule has 1 aliphatic rings. The van der Waals surface area contributed by atoms with E-state index in [0.717, 1.165) is 32.6 Å². The van der Waals surface area contributed by atoms with Crippen molar-refractivity contribution >= 4 is 21.4 Å². The highest BCUT2D eigenvalue weighted by Gasteiger charge is 2.28. The molecule has 1 fully saturated rings. The molecule has 0 aliphatic carbocycles. The molecule has 3 rings (SSSR count). The van der Waals surface area contributed by atoms with Gasteiger partial charge in [-0.1, -0.05) is 25.1 Å². The van der Waals surface area contributed by atoms with Crippen molar-refractivity contribution in [1.29, 1.82) is 0 Å². The minimum absolute atomic E-state index is 0.386. The normalized spacial score (nSPS) is 19.8. The van der Waals surface area contributed by atoms with Crippen molar-refractivity contribution < 1.29 is 4.74 Å². The first kappa shape index (κ1) is 15.0. The van der Waals surface area contributed by atoms with Gasteiger partial charge in [-0.15, -0.1) is 11.3 Å². The van der Waals surface area contributed by atoms with Crippen molar-refractivity contribution in [1.82, 2.24) is 5.32 Å². The summed E-state index contributed by atoms with van der Waals surface area (Å²) in [7, 11) is 0. The number of benzene rings is 1. The highest BCUT2D eigenvalue weighted by molar-refractivity contribution is 7.19. The summed E-state index contributed by atoms with van der Waals surface area (Å²) in [4.78, 5) is 1.48. The SMILES string of the molecule is Cc1c(C(C)NCC2(C)CCOCC2)sc2ccccc12. The fourth-order valence-corrected chi connectivity index (χ4v) is 4.38. The van der Waals surface area contributed by atoms with Gasteiger partial charge < -0.3 is 10.1 Å². The Morgan fingerprint density at radius 1 is 1.29 bits per heavy atom. The van der Waals surface area contributed by atoms with Crippen LogP contribution in [0.3, 0.4) is 0 Å². The molecule has 1 aromatic carbocycles. The molecule has 1 unspecified atom stereocenters. The topological polar surface area (TPSA) is 21.3 Å². The van der Waals surface area contributed by atoms with Crippen LogP contribution in [0, 0.1) is 12.3 Å². The predicted octanol–water partition coefficient (Wildman–Crippen LogP) is 4.68. The van der Waals surface area contributed by atoms with Crippen LogP contribution in [0.1, 0.15) is 43.2 Å². The highest BCUT2D eigenvalue weighted by Crippen LogP contribution is 2.35. The molecule has 1 saturated heterocycles. The van der Waals surface area contributed by atoms with Gasteiger partial charge in [0.2, 0.25) is 0 Å². The maximum atomic E-state index is 5.49. The van der Waals surface area contributed by atoms with Gasteiger partial charge in [0.25, 0.3) is 0 Å². The van der Waals surface area contributed by atoms with Crippen LogP contribution < -0.4 is 5.32 Å². The molecule has 2 heterocycles. The molecule has 21 heavy (non-hydrogen) atoms. The van der Waals surface area contributed by atoms with Crippen molar-refractivity contribution in [3.05, 3.63) is 34.7 Å². The second kappa shape index (κ2) is 6.07. The number of aryl methyl sites for hydroxylation is 1. The summed E-state index contributed by atoms with van der Waals surface area (Å²) in [5, 5.41) is 5.17. The maximum Gasteiger partial charge on any atom is 0.0471 e. The molecule has 114 valence electrons. The number of thiophene rings is 1. The van der Waals surface area contributed by atoms with Crippen LogP contribution in [0.25, 0.3) is 10.1 Å². The molecule has 0 saturated carbocycles. The number of fused-ring (bicyclic) bond motifs is 1. The first-order valence-corrected chi connectivity index (χ1v) is 8.70. The lowest BCUT2D eigenvalue weighted by Crippen LogP contribution is -2.37. The highest BCUT2D eigenvalue weighted by atomic mass is 32.1. The standard InChI is InChI=1S/C18H25NOS/c1-13-15-6-4-5-7-16(15)21-17(13)14(2)19-12-18(3)8-10-20-11-9-18/h4-7,14,19H,8-12H2,1-3H3. The summed E-state index contributed by atoms with van der Waals surface area (Å²) >= 11 is 1.93. The molecule has 1 aromatic heterocycles. The van der Waals surface area contributed by atoms with Gasteiger partial charge in [0.15, 0.2) is 0 Å². The van der Waals surface area contributed by atoms with Crippen LogP contribution in [0.5, 0.6) is 0 Å². The average Bonchev–Trinajstić information content (AvgIpc) is 2.84. The van der Waals surface area contributed by atoms with Gasteiger partial charge in [-0.3, -0.25) is 0 Å². The number of hydrogen-bond acceptors (Lipinski definition) is 3. The van der Waals surface area contributed by atoms with Gasteiger partial charge >= 0.3 is 0 Å². The van der Waals surface area contributed by atoms with Gasteiger partial charge in [-0.2, -0.15) is 0 Å². The Bertz CT molecular complexity index is 613. The molecule has 0 spiro atoms. The zero-order valence-corrected chi connectivity index (χ0v) is 14.1. The van der Waals surface area contributed by atoms with E-state index in [0.29, 0.717) is 11.5 Å². The van der Waals surface area contributed by atoms with Crippen LogP contribution in [-0.2, 0) is 4.74 Å². The molecule has 1 aliphatic heterocycles. The zero-order chi connectivity index (χ0) is 14.9. The van der Waals surface area contributed by atoms with Gasteiger partial charge in [0, 0.05) is 35.4 Å². The lowest BCUT2D eigenvalue weighted by molar-refractivity contribution is 0.0231. The van der Waals surface area contributed by atoms with E-state index in [4.69, 9.17) is 4.74 Å². The summed E-state index contributed by atoms with van der Waals surface area (Å²) in [5.41, 5.74) is 1.82. The molecule has 2 aromatic rings. The van der Waals surface area contributed by atoms with Gasteiger partial charge in [-0.05, 0) is 49.1 Å². The van der Waals surface area contributed by atoms with E-state index < -0.39 is 0 Å². The monoisotopic (exact) mass is 303 g/mol. The quantitative estimate of drug-likeness (QED) is 0.885. The van der Waals surface area contributed by atoms with Gasteiger partial charge in [-0.25, -0.2) is 0 Å². The van der Waals surface area contributed by atoms with E-state index in [9.17, 15) is 0 Å². The van der Waals surface area contributed by atoms with Crippen molar-refractivity contribution in [2.45, 2.75) is 39.7 Å². The van der Waals surface area contributed by atoms with E-state index >= 15 is 0 Å². The molecule has 0 radical (unpaired) electrons. The maximum absolute atomic E-state index is 5.49. The van der Waals surface area contributed by atoms with Crippen LogP contribution in [0.15, 0.2) is 24.3 Å². The van der Waals surface area contributed by atoms with E-state index in [-0.39, 0.29) is 0 Å². The number of hydrogen-bond donors (Lipinski definition) is 1. The van der Waals surface area contributed by atoms with Crippen molar-refractivity contribution in [2.24, 2.45) is 5.41 Å². The number of nitrogens with one attached hydrogen (secondary N) is 1. The summed E-state index contributed by atoms with van der Waals surface area (Å²) in [6.45, 7) is 9.82. The minimum Gasteiger partial charge on any atom is -0.381 e. The second-order valence-corrected chi connectivity index (χ2v) is 7.70. The lowest BCUT2D eigenvalue weighted by atomic mass is 9.82. The molecular formula is C18H25NOS. The van der Waals surface area contributed by atoms with Crippen LogP contribution in [0.2, 0.25) is 0 Å². The van der Waals surface area contributed by atoms with Crippen LogP contribution in [-0.4, -0.2) is 19.8 Å². The van der Waals surface area contributed by atoms with Crippen molar-refractivity contribution in [3.63, 3.8) is 0 Å². The van der Waals surface area contributed by atoms with Crippen molar-refractivity contribution in [2.75, 3.05) is 19.8 Å². The molecule has 1 atom stereocenters. The second-order valence-electron chi connectivity index (χ2n) is 6.61. The minimum atomic E-state index is 0.386. The average molecular weight is 303 g/mol. The van der Waals surface area contributed by atoms with Crippen molar-refractivity contribution in [3.8, 4) is 0 Å². The third-order valence-corrected chi connectivity index (χ3v) is 6.26. The Morgan fingerprint density at radius 2 is 2.00 bits per heavy atom. The summed E-state index contributed by atoms with van der Waals surface area (Å²) in [6.07, 6.45) is 2.33. The van der Waals surface area contributed by atoms with Gasteiger partial charge in [0.1, 0.15) is 0 Å². The number of ether oxygens (including phenoxy) is 1. The predicted molar refractivity (Wildman–Crippen MR) is 91.1 cm³/mol. The molecule has 2 nitrogen and oxygen atoms in total. The van der Waals surface area contributed by atoms with E-state index in [1.807, 2.05) is 11.3 Å². The largest absolute Gasteiger partial charge is 0.381 e. The lowest BCUT2D eigenvalue weighted by Gasteiger charge is -2.34. The Labute approximate surface area is 131 Å². The smallest absolute Gasteiger partial charge is 0.0471 e. The van der Waals surface area contributed by atoms with Crippen LogP contribution >= 0.6 is 11.3 Å². The first-order valence-electron chi connectivity index (χ1n) is 7.88. The summed E-state index contributed by atoms with van der Waals surface area (Å²) < 4.78 is 6.89. The molecule has 0 bridgehead atoms. The Morgan fingerprint density at radius 3 is 2.71 bits per heavy atom. The third-order valence-electron chi connectivity index (χ3n) is 4.81. The first-order chi connectivity index (χ1) is 10.1. The summed E-state index contributed by atoms with van der Waals surface area (Å²) in [6, 6.07) is 9.14.